The second kappa shape index (κ2) is 6.58. The number of carbonyl (C=O) groups excluding carboxylic acids is 1. The molecule has 5 atom stereocenters. The molecule has 0 spiro atoms. The molecule has 2 nitrogen and oxygen atoms in total. The molecule has 1 heterocycles. The largest absolute Gasteiger partial charge is 0.461 e. The highest BCUT2D eigenvalue weighted by molar-refractivity contribution is 5.78. The molecule has 0 amide bonds. The number of hydrogen-bond acceptors (Lipinski definition) is 2. The van der Waals surface area contributed by atoms with Crippen molar-refractivity contribution < 1.29 is 9.53 Å². The van der Waals surface area contributed by atoms with Crippen LogP contribution < -0.4 is 0 Å². The van der Waals surface area contributed by atoms with Crippen LogP contribution in [-0.4, -0.2) is 12.1 Å². The summed E-state index contributed by atoms with van der Waals surface area (Å²) < 4.78 is 5.24. The molecular weight excluding hydrogens is 224 g/mol. The molecule has 1 aliphatic rings. The smallest absolute Gasteiger partial charge is 0.312 e. The van der Waals surface area contributed by atoms with Gasteiger partial charge >= 0.3 is 5.97 Å². The Balaban J connectivity index is 2.27. The summed E-state index contributed by atoms with van der Waals surface area (Å²) in [7, 11) is 0. The molecule has 0 aromatic rings. The molecule has 0 radical (unpaired) electrons. The maximum Gasteiger partial charge on any atom is 0.312 e. The first-order chi connectivity index (χ1) is 8.31. The van der Waals surface area contributed by atoms with Crippen molar-refractivity contribution in [3.63, 3.8) is 0 Å². The molecule has 0 bridgehead atoms. The van der Waals surface area contributed by atoms with Gasteiger partial charge in [-0.05, 0) is 49.9 Å². The maximum absolute atomic E-state index is 11.1. The Hall–Kier alpha value is -0.530. The Morgan fingerprint density at radius 2 is 1.56 bits per heavy atom. The number of carbonyl (C=O) groups is 1. The van der Waals surface area contributed by atoms with Crippen LogP contribution in [-0.2, 0) is 9.53 Å². The van der Waals surface area contributed by atoms with Crippen molar-refractivity contribution in [2.24, 2.45) is 29.6 Å². The van der Waals surface area contributed by atoms with Crippen LogP contribution in [0.15, 0.2) is 0 Å². The minimum Gasteiger partial charge on any atom is -0.461 e. The fourth-order valence-electron chi connectivity index (χ4n) is 3.47. The average molecular weight is 254 g/mol. The summed E-state index contributed by atoms with van der Waals surface area (Å²) in [5.41, 5.74) is 0. The lowest BCUT2D eigenvalue weighted by atomic mass is 9.80. The Morgan fingerprint density at radius 1 is 1.00 bits per heavy atom. The zero-order chi connectivity index (χ0) is 13.9. The number of hydrogen-bond donors (Lipinski definition) is 0. The fourth-order valence-corrected chi connectivity index (χ4v) is 3.47. The molecule has 1 aliphatic heterocycles. The van der Waals surface area contributed by atoms with Gasteiger partial charge in [-0.3, -0.25) is 4.79 Å². The summed E-state index contributed by atoms with van der Waals surface area (Å²) >= 11 is 0. The van der Waals surface area contributed by atoms with E-state index in [4.69, 9.17) is 4.74 Å². The molecular formula is C16H30O2. The van der Waals surface area contributed by atoms with Crippen LogP contribution in [0.25, 0.3) is 0 Å². The van der Waals surface area contributed by atoms with E-state index in [1.54, 1.807) is 0 Å². The van der Waals surface area contributed by atoms with E-state index < -0.39 is 0 Å². The van der Waals surface area contributed by atoms with Crippen molar-refractivity contribution in [1.29, 1.82) is 0 Å². The summed E-state index contributed by atoms with van der Waals surface area (Å²) in [4.78, 5) is 11.1. The van der Waals surface area contributed by atoms with E-state index in [1.165, 1.54) is 19.3 Å². The minimum atomic E-state index is -0.0207. The van der Waals surface area contributed by atoms with Gasteiger partial charge in [-0.1, -0.05) is 34.6 Å². The zero-order valence-corrected chi connectivity index (χ0v) is 12.9. The van der Waals surface area contributed by atoms with E-state index in [1.807, 2.05) is 6.92 Å². The van der Waals surface area contributed by atoms with Crippen LogP contribution >= 0.6 is 0 Å². The molecule has 1 fully saturated rings. The van der Waals surface area contributed by atoms with E-state index in [2.05, 4.69) is 34.6 Å². The third-order valence-corrected chi connectivity index (χ3v) is 4.13. The highest BCUT2D eigenvalue weighted by atomic mass is 16.6. The average Bonchev–Trinajstić information content (AvgIpc) is 2.23. The molecule has 0 aromatic carbocycles. The van der Waals surface area contributed by atoms with Crippen LogP contribution in [0.3, 0.4) is 0 Å². The first kappa shape index (κ1) is 15.5. The summed E-state index contributed by atoms with van der Waals surface area (Å²) in [6.07, 6.45) is 3.94. The second-order valence-corrected chi connectivity index (χ2v) is 6.98. The van der Waals surface area contributed by atoms with E-state index in [0.717, 1.165) is 17.8 Å². The summed E-state index contributed by atoms with van der Waals surface area (Å²) in [5.74, 6) is 2.90. The molecule has 18 heavy (non-hydrogen) atoms. The van der Waals surface area contributed by atoms with Crippen molar-refractivity contribution in [1.82, 2.24) is 0 Å². The Labute approximate surface area is 112 Å². The first-order valence-corrected chi connectivity index (χ1v) is 7.51. The van der Waals surface area contributed by atoms with Crippen LogP contribution in [0, 0.1) is 29.6 Å². The van der Waals surface area contributed by atoms with Gasteiger partial charge in [0.2, 0.25) is 0 Å². The third-order valence-electron chi connectivity index (χ3n) is 4.13. The number of rotatable bonds is 7. The topological polar surface area (TPSA) is 26.3 Å². The van der Waals surface area contributed by atoms with Gasteiger partial charge in [-0.2, -0.15) is 0 Å². The van der Waals surface area contributed by atoms with Gasteiger partial charge < -0.3 is 4.74 Å². The zero-order valence-electron chi connectivity index (χ0n) is 12.9. The Kier molecular flexibility index (Phi) is 5.68. The van der Waals surface area contributed by atoms with Crippen LogP contribution in [0.1, 0.15) is 60.8 Å². The lowest BCUT2D eigenvalue weighted by molar-refractivity contribution is -0.189. The van der Waals surface area contributed by atoms with Gasteiger partial charge in [0.15, 0.2) is 0 Å². The summed E-state index contributed by atoms with van der Waals surface area (Å²) in [6, 6.07) is 0. The molecule has 1 rings (SSSR count). The molecule has 0 aliphatic carbocycles. The van der Waals surface area contributed by atoms with Crippen molar-refractivity contribution >= 4 is 5.97 Å². The number of esters is 1. The van der Waals surface area contributed by atoms with Gasteiger partial charge in [-0.15, -0.1) is 0 Å². The van der Waals surface area contributed by atoms with E-state index in [0.29, 0.717) is 5.92 Å². The number of cyclic esters (lactones) is 1. The quantitative estimate of drug-likeness (QED) is 0.634. The monoisotopic (exact) mass is 254 g/mol. The number of ether oxygens (including phenoxy) is 1. The van der Waals surface area contributed by atoms with Gasteiger partial charge in [-0.25, -0.2) is 0 Å². The van der Waals surface area contributed by atoms with E-state index in [9.17, 15) is 4.79 Å². The fraction of sp³-hybridized carbons (Fsp3) is 0.938. The van der Waals surface area contributed by atoms with Crippen molar-refractivity contribution in [2.45, 2.75) is 66.9 Å². The second-order valence-electron chi connectivity index (χ2n) is 6.98. The van der Waals surface area contributed by atoms with Crippen molar-refractivity contribution in [3.05, 3.63) is 0 Å². The molecule has 2 heteroatoms. The van der Waals surface area contributed by atoms with Crippen molar-refractivity contribution in [2.75, 3.05) is 0 Å². The van der Waals surface area contributed by atoms with Gasteiger partial charge in [0.25, 0.3) is 0 Å². The lowest BCUT2D eigenvalue weighted by Gasteiger charge is -2.38. The maximum atomic E-state index is 11.1. The normalized spacial score (nSPS) is 28.5. The molecule has 0 N–H and O–H groups in total. The molecule has 0 aromatic heterocycles. The molecule has 0 saturated carbocycles. The van der Waals surface area contributed by atoms with Crippen molar-refractivity contribution in [3.8, 4) is 0 Å². The molecule has 1 saturated heterocycles. The van der Waals surface area contributed by atoms with Crippen LogP contribution in [0.2, 0.25) is 0 Å². The van der Waals surface area contributed by atoms with E-state index in [-0.39, 0.29) is 18.0 Å². The minimum absolute atomic E-state index is 0.0207. The molecule has 106 valence electrons. The third kappa shape index (κ3) is 4.29. The first-order valence-electron chi connectivity index (χ1n) is 7.51. The van der Waals surface area contributed by atoms with Gasteiger partial charge in [0, 0.05) is 0 Å². The Morgan fingerprint density at radius 3 is 2.00 bits per heavy atom. The standard InChI is InChI=1S/C16H30O2/c1-10(2)7-11(3)8-12(4)9-13(5)15-14(6)16(17)18-15/h10-15H,7-9H2,1-6H3/t11?,12?,13-,14-,15-/m1/s1. The predicted molar refractivity (Wildman–Crippen MR) is 75.2 cm³/mol. The highest BCUT2D eigenvalue weighted by Crippen LogP contribution is 2.33. The Bertz CT molecular complexity index is 272. The predicted octanol–water partition coefficient (Wildman–Crippen LogP) is 4.28. The van der Waals surface area contributed by atoms with Crippen LogP contribution in [0.4, 0.5) is 0 Å². The summed E-state index contributed by atoms with van der Waals surface area (Å²) in [6.45, 7) is 13.5. The SMILES string of the molecule is CC(C)CC(C)CC(C)C[C@@H](C)[C@H]1OC(=O)[C@@H]1C. The van der Waals surface area contributed by atoms with E-state index >= 15 is 0 Å². The highest BCUT2D eigenvalue weighted by Gasteiger charge is 2.42. The lowest BCUT2D eigenvalue weighted by Crippen LogP contribution is -2.47. The molecule has 2 unspecified atom stereocenters. The van der Waals surface area contributed by atoms with Gasteiger partial charge in [0.05, 0.1) is 5.92 Å². The van der Waals surface area contributed by atoms with Gasteiger partial charge in [0.1, 0.15) is 6.10 Å². The summed E-state index contributed by atoms with van der Waals surface area (Å²) in [5, 5.41) is 0. The van der Waals surface area contributed by atoms with Crippen LogP contribution in [0.5, 0.6) is 0 Å².